The molecule has 104 valence electrons. The van der Waals surface area contributed by atoms with E-state index in [2.05, 4.69) is 65.4 Å². The number of halogens is 1. The predicted molar refractivity (Wildman–Crippen MR) is 85.3 cm³/mol. The first-order valence-corrected chi connectivity index (χ1v) is 8.33. The fourth-order valence-corrected chi connectivity index (χ4v) is 3.36. The van der Waals surface area contributed by atoms with Crippen molar-refractivity contribution in [2.75, 3.05) is 13.6 Å². The molecule has 0 aliphatic heterocycles. The molecule has 0 saturated heterocycles. The van der Waals surface area contributed by atoms with Gasteiger partial charge >= 0.3 is 0 Å². The number of hydrogen-bond donors (Lipinski definition) is 1. The van der Waals surface area contributed by atoms with Crippen LogP contribution in [0, 0.1) is 0 Å². The van der Waals surface area contributed by atoms with Crippen LogP contribution in [-0.2, 0) is 6.54 Å². The summed E-state index contributed by atoms with van der Waals surface area (Å²) >= 11 is 5.33. The Labute approximate surface area is 124 Å². The summed E-state index contributed by atoms with van der Waals surface area (Å²) in [5, 5.41) is 5.62. The third-order valence-electron chi connectivity index (χ3n) is 3.13. The summed E-state index contributed by atoms with van der Waals surface area (Å²) in [6, 6.07) is 3.45. The first kappa shape index (κ1) is 16.2. The molecule has 0 radical (unpaired) electrons. The van der Waals surface area contributed by atoms with Crippen LogP contribution in [0.2, 0.25) is 0 Å². The molecule has 1 heterocycles. The van der Waals surface area contributed by atoms with E-state index in [0.717, 1.165) is 13.1 Å². The van der Waals surface area contributed by atoms with E-state index in [1.54, 1.807) is 0 Å². The van der Waals surface area contributed by atoms with E-state index in [0.29, 0.717) is 12.1 Å². The van der Waals surface area contributed by atoms with Crippen LogP contribution in [0.4, 0.5) is 0 Å². The average molecular weight is 333 g/mol. The molecule has 1 aromatic rings. The lowest BCUT2D eigenvalue weighted by atomic mass is 10.1. The molecule has 0 amide bonds. The van der Waals surface area contributed by atoms with Crippen molar-refractivity contribution in [1.29, 1.82) is 0 Å². The zero-order valence-corrected chi connectivity index (χ0v) is 14.3. The van der Waals surface area contributed by atoms with Gasteiger partial charge in [0.2, 0.25) is 0 Å². The fourth-order valence-electron chi connectivity index (χ4n) is 1.85. The molecule has 0 saturated carbocycles. The van der Waals surface area contributed by atoms with Crippen LogP contribution in [0.5, 0.6) is 0 Å². The van der Waals surface area contributed by atoms with Crippen molar-refractivity contribution in [3.8, 4) is 0 Å². The third-order valence-corrected chi connectivity index (χ3v) is 4.81. The van der Waals surface area contributed by atoms with Gasteiger partial charge in [-0.2, -0.15) is 0 Å². The van der Waals surface area contributed by atoms with Crippen molar-refractivity contribution in [2.24, 2.45) is 0 Å². The molecule has 0 spiro atoms. The quantitative estimate of drug-likeness (QED) is 0.720. The minimum atomic E-state index is 0.599. The van der Waals surface area contributed by atoms with E-state index >= 15 is 0 Å². The molecule has 0 bridgehead atoms. The van der Waals surface area contributed by atoms with Crippen LogP contribution in [0.3, 0.4) is 0 Å². The highest BCUT2D eigenvalue weighted by Gasteiger charge is 2.10. The molecular weight excluding hydrogens is 308 g/mol. The van der Waals surface area contributed by atoms with Gasteiger partial charge in [-0.25, -0.2) is 0 Å². The molecule has 1 rings (SSSR count). The molecular formula is C14H25BrN2S. The molecule has 1 atom stereocenters. The standard InChI is InChI=1S/C14H25BrN2S/c1-11(2)16-7-5-6-12(3)17(4)9-14-8-13(15)10-18-14/h8,10-12,16H,5-7,9H2,1-4H3. The van der Waals surface area contributed by atoms with Gasteiger partial charge in [-0.1, -0.05) is 13.8 Å². The van der Waals surface area contributed by atoms with Gasteiger partial charge < -0.3 is 5.32 Å². The fraction of sp³-hybridized carbons (Fsp3) is 0.714. The van der Waals surface area contributed by atoms with Crippen LogP contribution in [0.25, 0.3) is 0 Å². The maximum atomic E-state index is 3.51. The van der Waals surface area contributed by atoms with Gasteiger partial charge in [0.1, 0.15) is 0 Å². The second-order valence-electron chi connectivity index (χ2n) is 5.25. The van der Waals surface area contributed by atoms with Gasteiger partial charge in [0.05, 0.1) is 0 Å². The van der Waals surface area contributed by atoms with Crippen LogP contribution in [0.15, 0.2) is 15.9 Å². The van der Waals surface area contributed by atoms with Crippen molar-refractivity contribution < 1.29 is 0 Å². The Balaban J connectivity index is 2.22. The lowest BCUT2D eigenvalue weighted by molar-refractivity contribution is 0.236. The van der Waals surface area contributed by atoms with Crippen molar-refractivity contribution in [3.05, 3.63) is 20.8 Å². The van der Waals surface area contributed by atoms with Crippen molar-refractivity contribution in [3.63, 3.8) is 0 Å². The molecule has 1 unspecified atom stereocenters. The summed E-state index contributed by atoms with van der Waals surface area (Å²) in [6.45, 7) is 8.89. The van der Waals surface area contributed by atoms with E-state index in [1.807, 2.05) is 11.3 Å². The van der Waals surface area contributed by atoms with Crippen molar-refractivity contribution in [1.82, 2.24) is 10.2 Å². The number of nitrogens with zero attached hydrogens (tertiary/aromatic N) is 1. The molecule has 1 N–H and O–H groups in total. The molecule has 1 aromatic heterocycles. The van der Waals surface area contributed by atoms with Crippen LogP contribution in [0.1, 0.15) is 38.5 Å². The van der Waals surface area contributed by atoms with Gasteiger partial charge in [0.25, 0.3) is 0 Å². The summed E-state index contributed by atoms with van der Waals surface area (Å²) in [5.41, 5.74) is 0. The Hall–Kier alpha value is 0.1000. The minimum absolute atomic E-state index is 0.599. The maximum Gasteiger partial charge on any atom is 0.0328 e. The maximum absolute atomic E-state index is 3.51. The van der Waals surface area contributed by atoms with E-state index in [9.17, 15) is 0 Å². The van der Waals surface area contributed by atoms with Crippen LogP contribution in [-0.4, -0.2) is 30.6 Å². The van der Waals surface area contributed by atoms with E-state index < -0.39 is 0 Å². The smallest absolute Gasteiger partial charge is 0.0328 e. The van der Waals surface area contributed by atoms with Gasteiger partial charge in [-0.05, 0) is 55.4 Å². The second-order valence-corrected chi connectivity index (χ2v) is 7.16. The molecule has 18 heavy (non-hydrogen) atoms. The lowest BCUT2D eigenvalue weighted by Gasteiger charge is -2.24. The van der Waals surface area contributed by atoms with Gasteiger partial charge in [-0.15, -0.1) is 11.3 Å². The summed E-state index contributed by atoms with van der Waals surface area (Å²) < 4.78 is 1.20. The Morgan fingerprint density at radius 1 is 1.39 bits per heavy atom. The summed E-state index contributed by atoms with van der Waals surface area (Å²) in [4.78, 5) is 3.87. The monoisotopic (exact) mass is 332 g/mol. The van der Waals surface area contributed by atoms with E-state index in [-0.39, 0.29) is 0 Å². The van der Waals surface area contributed by atoms with Crippen LogP contribution < -0.4 is 5.32 Å². The van der Waals surface area contributed by atoms with Crippen LogP contribution >= 0.6 is 27.3 Å². The normalized spacial score (nSPS) is 13.5. The molecule has 0 aromatic carbocycles. The SMILES string of the molecule is CC(C)NCCCC(C)N(C)Cc1cc(Br)cs1. The van der Waals surface area contributed by atoms with Crippen molar-refractivity contribution >= 4 is 27.3 Å². The first-order valence-electron chi connectivity index (χ1n) is 6.65. The molecule has 2 nitrogen and oxygen atoms in total. The van der Waals surface area contributed by atoms with E-state index in [4.69, 9.17) is 0 Å². The zero-order chi connectivity index (χ0) is 13.5. The highest BCUT2D eigenvalue weighted by molar-refractivity contribution is 9.10. The lowest BCUT2D eigenvalue weighted by Crippen LogP contribution is -2.30. The summed E-state index contributed by atoms with van der Waals surface area (Å²) in [5.74, 6) is 0. The molecule has 0 fully saturated rings. The number of nitrogens with one attached hydrogen (secondary N) is 1. The highest BCUT2D eigenvalue weighted by atomic mass is 79.9. The third kappa shape index (κ3) is 6.32. The van der Waals surface area contributed by atoms with E-state index in [1.165, 1.54) is 22.2 Å². The topological polar surface area (TPSA) is 15.3 Å². The molecule has 0 aliphatic carbocycles. The number of rotatable bonds is 8. The van der Waals surface area contributed by atoms with Crippen molar-refractivity contribution in [2.45, 2.75) is 52.2 Å². The predicted octanol–water partition coefficient (Wildman–Crippen LogP) is 4.11. The first-order chi connectivity index (χ1) is 8.49. The zero-order valence-electron chi connectivity index (χ0n) is 11.9. The Morgan fingerprint density at radius 2 is 2.11 bits per heavy atom. The largest absolute Gasteiger partial charge is 0.315 e. The second kappa shape index (κ2) is 8.31. The summed E-state index contributed by atoms with van der Waals surface area (Å²) in [6.07, 6.45) is 2.50. The Bertz CT molecular complexity index is 338. The average Bonchev–Trinajstić information content (AvgIpc) is 2.69. The van der Waals surface area contributed by atoms with Gasteiger partial charge in [-0.3, -0.25) is 4.90 Å². The number of hydrogen-bond acceptors (Lipinski definition) is 3. The van der Waals surface area contributed by atoms with Gasteiger partial charge in [0.15, 0.2) is 0 Å². The highest BCUT2D eigenvalue weighted by Crippen LogP contribution is 2.21. The molecule has 0 aliphatic rings. The van der Waals surface area contributed by atoms with Gasteiger partial charge in [0, 0.05) is 33.4 Å². The number of thiophene rings is 1. The molecule has 4 heteroatoms. The summed E-state index contributed by atoms with van der Waals surface area (Å²) in [7, 11) is 2.22. The Morgan fingerprint density at radius 3 is 2.67 bits per heavy atom. The Kier molecular flexibility index (Phi) is 7.46. The minimum Gasteiger partial charge on any atom is -0.315 e.